The van der Waals surface area contributed by atoms with Crippen LogP contribution in [0.1, 0.15) is 39.9 Å². The van der Waals surface area contributed by atoms with Crippen LogP contribution in [-0.2, 0) is 11.2 Å². The van der Waals surface area contributed by atoms with Gasteiger partial charge in [-0.25, -0.2) is 0 Å². The molecule has 0 aliphatic heterocycles. The summed E-state index contributed by atoms with van der Waals surface area (Å²) in [5, 5.41) is 13.0. The second-order valence-electron chi connectivity index (χ2n) is 6.03. The molecule has 4 nitrogen and oxygen atoms in total. The number of aliphatic hydroxyl groups is 1. The molecule has 108 valence electrons. The van der Waals surface area contributed by atoms with Crippen molar-refractivity contribution in [1.82, 2.24) is 5.32 Å². The summed E-state index contributed by atoms with van der Waals surface area (Å²) in [6.45, 7) is 8.36. The minimum atomic E-state index is -0.433. The summed E-state index contributed by atoms with van der Waals surface area (Å²) < 4.78 is 5.18. The quantitative estimate of drug-likeness (QED) is 0.797. The maximum Gasteiger partial charge on any atom is 0.220 e. The van der Waals surface area contributed by atoms with Gasteiger partial charge in [-0.3, -0.25) is 4.79 Å². The van der Waals surface area contributed by atoms with Crippen LogP contribution in [0.3, 0.4) is 0 Å². The SMILES string of the molecule is CC(C)C(O)C(C)(C)CNC(=O)CCc1ccco1. The molecular weight excluding hydrogens is 242 g/mol. The van der Waals surface area contributed by atoms with Crippen molar-refractivity contribution in [3.8, 4) is 0 Å². The van der Waals surface area contributed by atoms with E-state index in [1.54, 1.807) is 6.26 Å². The Labute approximate surface area is 115 Å². The van der Waals surface area contributed by atoms with Gasteiger partial charge in [0.25, 0.3) is 0 Å². The van der Waals surface area contributed by atoms with E-state index in [9.17, 15) is 9.90 Å². The van der Waals surface area contributed by atoms with Crippen LogP contribution >= 0.6 is 0 Å². The molecule has 0 spiro atoms. The van der Waals surface area contributed by atoms with Crippen LogP contribution in [0, 0.1) is 11.3 Å². The monoisotopic (exact) mass is 267 g/mol. The van der Waals surface area contributed by atoms with E-state index in [1.165, 1.54) is 0 Å². The third-order valence-corrected chi connectivity index (χ3v) is 3.35. The summed E-state index contributed by atoms with van der Waals surface area (Å²) >= 11 is 0. The highest BCUT2D eigenvalue weighted by atomic mass is 16.3. The predicted molar refractivity (Wildman–Crippen MR) is 74.7 cm³/mol. The Morgan fingerprint density at radius 3 is 2.68 bits per heavy atom. The lowest BCUT2D eigenvalue weighted by Gasteiger charge is -2.33. The molecule has 0 fully saturated rings. The van der Waals surface area contributed by atoms with Gasteiger partial charge in [0.05, 0.1) is 12.4 Å². The first-order chi connectivity index (χ1) is 8.83. The Hall–Kier alpha value is -1.29. The van der Waals surface area contributed by atoms with E-state index in [2.05, 4.69) is 5.32 Å². The van der Waals surface area contributed by atoms with Gasteiger partial charge < -0.3 is 14.8 Å². The fraction of sp³-hybridized carbons (Fsp3) is 0.667. The molecule has 1 heterocycles. The summed E-state index contributed by atoms with van der Waals surface area (Å²) in [5.41, 5.74) is -0.325. The van der Waals surface area contributed by atoms with Crippen LogP contribution in [-0.4, -0.2) is 23.7 Å². The fourth-order valence-electron chi connectivity index (χ4n) is 2.11. The minimum absolute atomic E-state index is 0.0135. The van der Waals surface area contributed by atoms with Crippen molar-refractivity contribution in [2.75, 3.05) is 6.54 Å². The molecule has 0 radical (unpaired) electrons. The van der Waals surface area contributed by atoms with E-state index in [-0.39, 0.29) is 17.2 Å². The lowest BCUT2D eigenvalue weighted by Crippen LogP contribution is -2.43. The second-order valence-corrected chi connectivity index (χ2v) is 6.03. The van der Waals surface area contributed by atoms with Crippen LogP contribution in [0.15, 0.2) is 22.8 Å². The molecule has 0 saturated carbocycles. The van der Waals surface area contributed by atoms with Crippen LogP contribution in [0.5, 0.6) is 0 Å². The van der Waals surface area contributed by atoms with Gasteiger partial charge in [0.1, 0.15) is 5.76 Å². The molecule has 1 aromatic heterocycles. The van der Waals surface area contributed by atoms with E-state index in [0.29, 0.717) is 19.4 Å². The molecule has 1 atom stereocenters. The lowest BCUT2D eigenvalue weighted by molar-refractivity contribution is -0.122. The Kier molecular flexibility index (Phi) is 5.60. The minimum Gasteiger partial charge on any atom is -0.469 e. The van der Waals surface area contributed by atoms with Gasteiger partial charge >= 0.3 is 0 Å². The standard InChI is InChI=1S/C15H25NO3/c1-11(2)14(18)15(3,4)10-16-13(17)8-7-12-6-5-9-19-12/h5-6,9,11,14,18H,7-8,10H2,1-4H3,(H,16,17). The van der Waals surface area contributed by atoms with Gasteiger partial charge in [-0.2, -0.15) is 0 Å². The molecule has 2 N–H and O–H groups in total. The largest absolute Gasteiger partial charge is 0.469 e. The van der Waals surface area contributed by atoms with E-state index in [0.717, 1.165) is 5.76 Å². The second kappa shape index (κ2) is 6.75. The highest BCUT2D eigenvalue weighted by molar-refractivity contribution is 5.76. The van der Waals surface area contributed by atoms with Crippen molar-refractivity contribution in [2.45, 2.75) is 46.6 Å². The first-order valence-electron chi connectivity index (χ1n) is 6.80. The smallest absolute Gasteiger partial charge is 0.220 e. The van der Waals surface area contributed by atoms with Gasteiger partial charge in [0, 0.05) is 24.8 Å². The number of hydrogen-bond donors (Lipinski definition) is 2. The van der Waals surface area contributed by atoms with Crippen LogP contribution in [0.4, 0.5) is 0 Å². The van der Waals surface area contributed by atoms with E-state index >= 15 is 0 Å². The summed E-state index contributed by atoms with van der Waals surface area (Å²) in [5.74, 6) is 0.979. The topological polar surface area (TPSA) is 62.5 Å². The number of hydrogen-bond acceptors (Lipinski definition) is 3. The highest BCUT2D eigenvalue weighted by Gasteiger charge is 2.30. The van der Waals surface area contributed by atoms with Crippen molar-refractivity contribution >= 4 is 5.91 Å². The number of aryl methyl sites for hydroxylation is 1. The zero-order chi connectivity index (χ0) is 14.5. The number of rotatable bonds is 7. The van der Waals surface area contributed by atoms with Gasteiger partial charge in [0.15, 0.2) is 0 Å². The third kappa shape index (κ3) is 5.07. The molecule has 4 heteroatoms. The normalized spacial score (nSPS) is 13.6. The molecule has 1 aromatic rings. The lowest BCUT2D eigenvalue weighted by atomic mass is 9.80. The molecule has 1 amide bonds. The Morgan fingerprint density at radius 2 is 2.16 bits per heavy atom. The van der Waals surface area contributed by atoms with Gasteiger partial charge in [-0.1, -0.05) is 27.7 Å². The number of carbonyl (C=O) groups is 1. The molecule has 0 bridgehead atoms. The van der Waals surface area contributed by atoms with E-state index in [4.69, 9.17) is 4.42 Å². The van der Waals surface area contributed by atoms with Crippen LogP contribution in [0.25, 0.3) is 0 Å². The van der Waals surface area contributed by atoms with Crippen LogP contribution < -0.4 is 5.32 Å². The molecule has 0 aliphatic carbocycles. The predicted octanol–water partition coefficient (Wildman–Crippen LogP) is 2.37. The van der Waals surface area contributed by atoms with Crippen molar-refractivity contribution in [2.24, 2.45) is 11.3 Å². The van der Waals surface area contributed by atoms with E-state index < -0.39 is 6.10 Å². The summed E-state index contributed by atoms with van der Waals surface area (Å²) in [6.07, 6.45) is 2.18. The number of nitrogens with one attached hydrogen (secondary N) is 1. The zero-order valence-electron chi connectivity index (χ0n) is 12.3. The number of carbonyl (C=O) groups excluding carboxylic acids is 1. The summed E-state index contributed by atoms with van der Waals surface area (Å²) in [4.78, 5) is 11.7. The fourth-order valence-corrected chi connectivity index (χ4v) is 2.11. The van der Waals surface area contributed by atoms with Crippen molar-refractivity contribution in [3.63, 3.8) is 0 Å². The number of aliphatic hydroxyl groups excluding tert-OH is 1. The van der Waals surface area contributed by atoms with Gasteiger partial charge in [-0.05, 0) is 18.1 Å². The van der Waals surface area contributed by atoms with Crippen molar-refractivity contribution in [3.05, 3.63) is 24.2 Å². The Balaban J connectivity index is 2.33. The first kappa shape index (κ1) is 15.8. The summed E-state index contributed by atoms with van der Waals surface area (Å²) in [6, 6.07) is 3.68. The molecule has 0 aromatic carbocycles. The molecule has 19 heavy (non-hydrogen) atoms. The highest BCUT2D eigenvalue weighted by Crippen LogP contribution is 2.25. The Morgan fingerprint density at radius 1 is 1.47 bits per heavy atom. The maximum absolute atomic E-state index is 11.7. The summed E-state index contributed by atoms with van der Waals surface area (Å²) in [7, 11) is 0. The third-order valence-electron chi connectivity index (χ3n) is 3.35. The molecule has 0 saturated heterocycles. The van der Waals surface area contributed by atoms with Crippen molar-refractivity contribution < 1.29 is 14.3 Å². The number of furan rings is 1. The average Bonchev–Trinajstić information content (AvgIpc) is 2.86. The average molecular weight is 267 g/mol. The maximum atomic E-state index is 11.7. The number of amides is 1. The zero-order valence-corrected chi connectivity index (χ0v) is 12.3. The van der Waals surface area contributed by atoms with E-state index in [1.807, 2.05) is 39.8 Å². The molecular formula is C15H25NO3. The molecule has 0 aliphatic rings. The molecule has 1 unspecified atom stereocenters. The van der Waals surface area contributed by atoms with Crippen molar-refractivity contribution in [1.29, 1.82) is 0 Å². The van der Waals surface area contributed by atoms with Gasteiger partial charge in [-0.15, -0.1) is 0 Å². The molecule has 1 rings (SSSR count). The first-order valence-corrected chi connectivity index (χ1v) is 6.80. The Bertz CT molecular complexity index is 382. The van der Waals surface area contributed by atoms with Gasteiger partial charge in [0.2, 0.25) is 5.91 Å². The van der Waals surface area contributed by atoms with Crippen LogP contribution in [0.2, 0.25) is 0 Å².